The van der Waals surface area contributed by atoms with Crippen LogP contribution in [0.3, 0.4) is 0 Å². The number of nitrogens with one attached hydrogen (secondary N) is 1. The van der Waals surface area contributed by atoms with Crippen molar-refractivity contribution in [2.75, 3.05) is 31.6 Å². The minimum Gasteiger partial charge on any atom is -0.356 e. The SMILES string of the molecule is CSCCCNC(=NCc1nnc(C)n1C)N1CCC(c2cnn(C)c2)C1.I. The largest absolute Gasteiger partial charge is 0.356 e. The number of halogens is 1. The van der Waals surface area contributed by atoms with E-state index >= 15 is 0 Å². The highest BCUT2D eigenvalue weighted by Gasteiger charge is 2.27. The van der Waals surface area contributed by atoms with Crippen molar-refractivity contribution >= 4 is 41.7 Å². The van der Waals surface area contributed by atoms with E-state index in [1.807, 2.05) is 48.2 Å². The number of guanidine groups is 1. The molecule has 0 aromatic carbocycles. The maximum Gasteiger partial charge on any atom is 0.194 e. The molecule has 1 N–H and O–H groups in total. The van der Waals surface area contributed by atoms with Crippen molar-refractivity contribution in [3.63, 3.8) is 0 Å². The fourth-order valence-corrected chi connectivity index (χ4v) is 3.73. The zero-order chi connectivity index (χ0) is 19.2. The van der Waals surface area contributed by atoms with E-state index in [-0.39, 0.29) is 24.0 Å². The van der Waals surface area contributed by atoms with Gasteiger partial charge in [0, 0.05) is 45.8 Å². The molecule has 8 nitrogen and oxygen atoms in total. The Kier molecular flexibility index (Phi) is 9.06. The van der Waals surface area contributed by atoms with Gasteiger partial charge in [-0.25, -0.2) is 4.99 Å². The van der Waals surface area contributed by atoms with Gasteiger partial charge < -0.3 is 14.8 Å². The predicted molar refractivity (Wildman–Crippen MR) is 125 cm³/mol. The molecule has 1 fully saturated rings. The predicted octanol–water partition coefficient (Wildman–Crippen LogP) is 2.16. The summed E-state index contributed by atoms with van der Waals surface area (Å²) in [7, 11) is 3.96. The molecule has 10 heteroatoms. The molecule has 3 rings (SSSR count). The third-order valence-corrected chi connectivity index (χ3v) is 5.74. The van der Waals surface area contributed by atoms with Gasteiger partial charge in [-0.15, -0.1) is 34.2 Å². The highest BCUT2D eigenvalue weighted by molar-refractivity contribution is 14.0. The van der Waals surface area contributed by atoms with Gasteiger partial charge in [0.2, 0.25) is 0 Å². The van der Waals surface area contributed by atoms with Crippen molar-refractivity contribution in [2.45, 2.75) is 32.2 Å². The smallest absolute Gasteiger partial charge is 0.194 e. The summed E-state index contributed by atoms with van der Waals surface area (Å²) in [6.07, 6.45) is 8.51. The maximum absolute atomic E-state index is 4.86. The van der Waals surface area contributed by atoms with Crippen LogP contribution < -0.4 is 5.32 Å². The second-order valence-corrected chi connectivity index (χ2v) is 8.00. The van der Waals surface area contributed by atoms with Gasteiger partial charge in [-0.1, -0.05) is 0 Å². The van der Waals surface area contributed by atoms with Crippen molar-refractivity contribution in [1.82, 2.24) is 34.8 Å². The normalized spacial score (nSPS) is 17.1. The Bertz CT molecular complexity index is 771. The first-order valence-corrected chi connectivity index (χ1v) is 10.8. The van der Waals surface area contributed by atoms with E-state index in [9.17, 15) is 0 Å². The number of hydrogen-bond donors (Lipinski definition) is 1. The molecule has 0 saturated carbocycles. The van der Waals surface area contributed by atoms with Gasteiger partial charge in [0.15, 0.2) is 11.8 Å². The fraction of sp³-hybridized carbons (Fsp3) is 0.667. The van der Waals surface area contributed by atoms with Crippen LogP contribution in [0.25, 0.3) is 0 Å². The summed E-state index contributed by atoms with van der Waals surface area (Å²) in [5.41, 5.74) is 1.31. The van der Waals surface area contributed by atoms with E-state index in [1.165, 1.54) is 5.56 Å². The highest BCUT2D eigenvalue weighted by atomic mass is 127. The van der Waals surface area contributed by atoms with E-state index in [1.54, 1.807) is 0 Å². The number of aromatic nitrogens is 5. The van der Waals surface area contributed by atoms with Crippen LogP contribution >= 0.6 is 35.7 Å². The third kappa shape index (κ3) is 5.85. The Morgan fingerprint density at radius 1 is 1.36 bits per heavy atom. The van der Waals surface area contributed by atoms with Crippen LogP contribution in [0.2, 0.25) is 0 Å². The lowest BCUT2D eigenvalue weighted by atomic mass is 10.0. The van der Waals surface area contributed by atoms with E-state index in [4.69, 9.17) is 4.99 Å². The summed E-state index contributed by atoms with van der Waals surface area (Å²) in [4.78, 5) is 7.22. The van der Waals surface area contributed by atoms with Crippen molar-refractivity contribution in [1.29, 1.82) is 0 Å². The molecule has 28 heavy (non-hydrogen) atoms. The average Bonchev–Trinajstić information content (AvgIpc) is 3.37. The molecule has 1 unspecified atom stereocenters. The summed E-state index contributed by atoms with van der Waals surface area (Å²) in [5, 5.41) is 16.2. The number of thioether (sulfide) groups is 1. The van der Waals surface area contributed by atoms with E-state index in [0.29, 0.717) is 12.5 Å². The number of rotatable bonds is 7. The summed E-state index contributed by atoms with van der Waals surface area (Å²) in [6.45, 7) is 5.41. The molecule has 0 amide bonds. The van der Waals surface area contributed by atoms with Crippen LogP contribution in [0.15, 0.2) is 17.4 Å². The summed E-state index contributed by atoms with van der Waals surface area (Å²) >= 11 is 1.88. The van der Waals surface area contributed by atoms with Crippen molar-refractivity contribution < 1.29 is 0 Å². The molecule has 0 bridgehead atoms. The van der Waals surface area contributed by atoms with Gasteiger partial charge >= 0.3 is 0 Å². The lowest BCUT2D eigenvalue weighted by Crippen LogP contribution is -2.40. The first kappa shape index (κ1) is 23.0. The Morgan fingerprint density at radius 2 is 2.18 bits per heavy atom. The number of aryl methyl sites for hydroxylation is 2. The molecule has 0 aliphatic carbocycles. The molecule has 2 aromatic rings. The molecule has 0 spiro atoms. The molecular weight excluding hydrogens is 487 g/mol. The van der Waals surface area contributed by atoms with Crippen molar-refractivity contribution in [3.05, 3.63) is 29.6 Å². The number of nitrogens with zero attached hydrogens (tertiary/aromatic N) is 7. The topological polar surface area (TPSA) is 76.2 Å². The Morgan fingerprint density at radius 3 is 2.82 bits per heavy atom. The van der Waals surface area contributed by atoms with Crippen LogP contribution in [-0.4, -0.2) is 67.0 Å². The Labute approximate surface area is 188 Å². The lowest BCUT2D eigenvalue weighted by molar-refractivity contribution is 0.483. The highest BCUT2D eigenvalue weighted by Crippen LogP contribution is 2.26. The number of likely N-dealkylation sites (tertiary alicyclic amines) is 1. The van der Waals surface area contributed by atoms with Crippen LogP contribution in [0, 0.1) is 6.92 Å². The summed E-state index contributed by atoms with van der Waals surface area (Å²) < 4.78 is 3.88. The third-order valence-electron chi connectivity index (χ3n) is 5.05. The van der Waals surface area contributed by atoms with E-state index in [0.717, 1.165) is 55.8 Å². The number of hydrogen-bond acceptors (Lipinski definition) is 5. The van der Waals surface area contributed by atoms with Crippen LogP contribution in [0.1, 0.15) is 36.0 Å². The molecule has 3 heterocycles. The minimum atomic E-state index is 0. The second kappa shape index (κ2) is 11.0. The van der Waals surface area contributed by atoms with E-state index < -0.39 is 0 Å². The van der Waals surface area contributed by atoms with Crippen LogP contribution in [0.4, 0.5) is 0 Å². The fourth-order valence-electron chi connectivity index (χ4n) is 3.29. The Hall–Kier alpha value is -1.30. The molecule has 2 aromatic heterocycles. The molecule has 1 atom stereocenters. The zero-order valence-electron chi connectivity index (χ0n) is 17.1. The first-order chi connectivity index (χ1) is 13.1. The molecular formula is C18H31IN8S. The van der Waals surface area contributed by atoms with Gasteiger partial charge in [0.25, 0.3) is 0 Å². The quantitative estimate of drug-likeness (QED) is 0.262. The first-order valence-electron chi connectivity index (χ1n) is 9.44. The monoisotopic (exact) mass is 518 g/mol. The summed E-state index contributed by atoms with van der Waals surface area (Å²) in [5.74, 6) is 4.43. The van der Waals surface area contributed by atoms with Crippen LogP contribution in [-0.2, 0) is 20.6 Å². The van der Waals surface area contributed by atoms with Gasteiger partial charge in [-0.05, 0) is 37.3 Å². The van der Waals surface area contributed by atoms with E-state index in [2.05, 4.69) is 38.0 Å². The zero-order valence-corrected chi connectivity index (χ0v) is 20.3. The Balaban J connectivity index is 0.00000280. The minimum absolute atomic E-state index is 0. The van der Waals surface area contributed by atoms with Gasteiger partial charge in [-0.3, -0.25) is 4.68 Å². The van der Waals surface area contributed by atoms with Crippen molar-refractivity contribution in [3.8, 4) is 0 Å². The maximum atomic E-state index is 4.86. The molecule has 0 radical (unpaired) electrons. The van der Waals surface area contributed by atoms with Crippen LogP contribution in [0.5, 0.6) is 0 Å². The van der Waals surface area contributed by atoms with Gasteiger partial charge in [0.05, 0.1) is 6.20 Å². The van der Waals surface area contributed by atoms with Gasteiger partial charge in [0.1, 0.15) is 12.4 Å². The standard InChI is InChI=1S/C18H30N8S.HI/c1-14-22-23-17(25(14)3)11-20-18(19-7-5-9-27-4)26-8-6-15(13-26)16-10-21-24(2)12-16;/h10,12,15H,5-9,11,13H2,1-4H3,(H,19,20);1H. The molecule has 156 valence electrons. The number of aliphatic imine (C=N–C) groups is 1. The lowest BCUT2D eigenvalue weighted by Gasteiger charge is -2.22. The average molecular weight is 518 g/mol. The van der Waals surface area contributed by atoms with Crippen molar-refractivity contribution in [2.24, 2.45) is 19.1 Å². The molecule has 1 aliphatic rings. The van der Waals surface area contributed by atoms with Gasteiger partial charge in [-0.2, -0.15) is 16.9 Å². The molecule has 1 aliphatic heterocycles. The summed E-state index contributed by atoms with van der Waals surface area (Å²) in [6, 6.07) is 0. The molecule has 1 saturated heterocycles. The second-order valence-electron chi connectivity index (χ2n) is 7.01.